The van der Waals surface area contributed by atoms with Crippen LogP contribution in [0.2, 0.25) is 0 Å². The van der Waals surface area contributed by atoms with Crippen LogP contribution < -0.4 is 10.6 Å². The molecule has 2 fully saturated rings. The van der Waals surface area contributed by atoms with E-state index >= 15 is 0 Å². The van der Waals surface area contributed by atoms with Crippen LogP contribution in [0.15, 0.2) is 24.3 Å². The predicted octanol–water partition coefficient (Wildman–Crippen LogP) is 3.82. The zero-order valence-electron chi connectivity index (χ0n) is 20.2. The third-order valence-electron chi connectivity index (χ3n) is 6.65. The lowest BCUT2D eigenvalue weighted by molar-refractivity contribution is -0.150. The summed E-state index contributed by atoms with van der Waals surface area (Å²) >= 11 is 0. The van der Waals surface area contributed by atoms with Crippen LogP contribution in [0.4, 0.5) is 10.5 Å². The summed E-state index contributed by atoms with van der Waals surface area (Å²) in [5.41, 5.74) is 0.719. The van der Waals surface area contributed by atoms with Gasteiger partial charge in [-0.2, -0.15) is 0 Å². The Hall–Kier alpha value is -2.90. The number of nitrogens with zero attached hydrogens (tertiary/aromatic N) is 1. The zero-order valence-corrected chi connectivity index (χ0v) is 20.2. The first kappa shape index (κ1) is 24.7. The summed E-state index contributed by atoms with van der Waals surface area (Å²) in [7, 11) is 0. The van der Waals surface area contributed by atoms with Gasteiger partial charge in [-0.3, -0.25) is 19.3 Å². The van der Waals surface area contributed by atoms with E-state index in [0.717, 1.165) is 17.7 Å². The molecule has 2 aliphatic rings. The molecule has 3 atom stereocenters. The van der Waals surface area contributed by atoms with Crippen LogP contribution in [-0.4, -0.2) is 47.4 Å². The van der Waals surface area contributed by atoms with E-state index in [9.17, 15) is 19.2 Å². The number of ether oxygens (including phenoxy) is 1. The molecular weight excluding hydrogens is 422 g/mol. The maximum Gasteiger partial charge on any atom is 0.326 e. The standard InChI is InChI=1S/C25H35N3O5/c1-6-17(3)18-7-9-19(10-8-18)26-20(29)14-33-21(30)13-28-22(31)25(27-23(28)32)12-16(2)11-24(4,5)15-25/h7-10,16-17H,6,11-15H2,1-5H3,(H,26,29)(H,27,32)/t16-,17+,25-/m1/s1. The summed E-state index contributed by atoms with van der Waals surface area (Å²) in [4.78, 5) is 50.9. The molecule has 1 heterocycles. The van der Waals surface area contributed by atoms with E-state index in [2.05, 4.69) is 45.3 Å². The highest BCUT2D eigenvalue weighted by Gasteiger charge is 2.56. The molecule has 1 spiro atoms. The van der Waals surface area contributed by atoms with Gasteiger partial charge in [0.2, 0.25) is 0 Å². The van der Waals surface area contributed by atoms with Crippen molar-refractivity contribution in [1.82, 2.24) is 10.2 Å². The minimum absolute atomic E-state index is 0.0952. The lowest BCUT2D eigenvalue weighted by Crippen LogP contribution is -2.54. The van der Waals surface area contributed by atoms with Gasteiger partial charge in [0, 0.05) is 5.69 Å². The number of benzene rings is 1. The van der Waals surface area contributed by atoms with Gasteiger partial charge in [0.25, 0.3) is 11.8 Å². The number of anilines is 1. The number of nitrogens with one attached hydrogen (secondary N) is 2. The van der Waals surface area contributed by atoms with E-state index < -0.39 is 42.5 Å². The molecule has 1 aromatic rings. The summed E-state index contributed by atoms with van der Waals surface area (Å²) in [6, 6.07) is 6.93. The number of amides is 4. The minimum Gasteiger partial charge on any atom is -0.454 e. The normalized spacial score (nSPS) is 25.0. The number of urea groups is 1. The molecule has 8 nitrogen and oxygen atoms in total. The Morgan fingerprint density at radius 1 is 1.21 bits per heavy atom. The fourth-order valence-corrected chi connectivity index (χ4v) is 5.30. The first-order chi connectivity index (χ1) is 15.4. The number of carbonyl (C=O) groups excluding carboxylic acids is 4. The molecule has 2 N–H and O–H groups in total. The summed E-state index contributed by atoms with van der Waals surface area (Å²) in [5, 5.41) is 5.50. The molecule has 1 aliphatic heterocycles. The van der Waals surface area contributed by atoms with Crippen LogP contribution in [-0.2, 0) is 19.1 Å². The average Bonchev–Trinajstić information content (AvgIpc) is 2.93. The molecule has 0 unspecified atom stereocenters. The highest BCUT2D eigenvalue weighted by molar-refractivity contribution is 6.09. The molecule has 1 saturated carbocycles. The molecule has 1 saturated heterocycles. The fraction of sp³-hybridized carbons (Fsp3) is 0.600. The maximum absolute atomic E-state index is 13.1. The molecule has 0 bridgehead atoms. The lowest BCUT2D eigenvalue weighted by atomic mass is 9.64. The molecule has 4 amide bonds. The Bertz CT molecular complexity index is 926. The quantitative estimate of drug-likeness (QED) is 0.478. The molecule has 1 aliphatic carbocycles. The van der Waals surface area contributed by atoms with Crippen LogP contribution in [0, 0.1) is 11.3 Å². The van der Waals surface area contributed by atoms with Crippen molar-refractivity contribution >= 4 is 29.5 Å². The second-order valence-electron chi connectivity index (χ2n) is 10.4. The summed E-state index contributed by atoms with van der Waals surface area (Å²) in [5.74, 6) is -0.983. The van der Waals surface area contributed by atoms with Gasteiger partial charge in [-0.15, -0.1) is 0 Å². The van der Waals surface area contributed by atoms with Gasteiger partial charge in [-0.25, -0.2) is 4.79 Å². The van der Waals surface area contributed by atoms with Crippen LogP contribution >= 0.6 is 0 Å². The molecule has 33 heavy (non-hydrogen) atoms. The molecule has 3 rings (SSSR count). The smallest absolute Gasteiger partial charge is 0.326 e. The van der Waals surface area contributed by atoms with Crippen molar-refractivity contribution in [2.24, 2.45) is 11.3 Å². The fourth-order valence-electron chi connectivity index (χ4n) is 5.30. The molecular formula is C25H35N3O5. The molecule has 180 valence electrons. The Balaban J connectivity index is 1.52. The van der Waals surface area contributed by atoms with Crippen molar-refractivity contribution in [3.05, 3.63) is 29.8 Å². The molecule has 0 radical (unpaired) electrons. The summed E-state index contributed by atoms with van der Waals surface area (Å²) < 4.78 is 5.03. The van der Waals surface area contributed by atoms with Gasteiger partial charge < -0.3 is 15.4 Å². The largest absolute Gasteiger partial charge is 0.454 e. The number of esters is 1. The monoisotopic (exact) mass is 457 g/mol. The Labute approximate surface area is 195 Å². The number of hydrogen-bond donors (Lipinski definition) is 2. The van der Waals surface area contributed by atoms with Crippen molar-refractivity contribution in [3.8, 4) is 0 Å². The zero-order chi connectivity index (χ0) is 24.4. The maximum atomic E-state index is 13.1. The number of hydrogen-bond acceptors (Lipinski definition) is 5. The first-order valence-electron chi connectivity index (χ1n) is 11.6. The van der Waals surface area contributed by atoms with E-state index in [1.54, 1.807) is 12.1 Å². The molecule has 1 aromatic carbocycles. The second-order valence-corrected chi connectivity index (χ2v) is 10.4. The Kier molecular flexibility index (Phi) is 7.14. The van der Waals surface area contributed by atoms with Gasteiger partial charge in [0.05, 0.1) is 0 Å². The van der Waals surface area contributed by atoms with Gasteiger partial charge in [0.15, 0.2) is 6.61 Å². The van der Waals surface area contributed by atoms with Crippen molar-refractivity contribution in [1.29, 1.82) is 0 Å². The third-order valence-corrected chi connectivity index (χ3v) is 6.65. The third kappa shape index (κ3) is 5.72. The van der Waals surface area contributed by atoms with Crippen molar-refractivity contribution in [2.45, 2.75) is 71.8 Å². The van der Waals surface area contributed by atoms with E-state index in [4.69, 9.17) is 4.74 Å². The lowest BCUT2D eigenvalue weighted by Gasteiger charge is -2.43. The van der Waals surface area contributed by atoms with Crippen molar-refractivity contribution in [2.75, 3.05) is 18.5 Å². The average molecular weight is 458 g/mol. The van der Waals surface area contributed by atoms with Gasteiger partial charge in [0.1, 0.15) is 12.1 Å². The SMILES string of the molecule is CC[C@H](C)c1ccc(NC(=O)COC(=O)CN2C(=O)N[C@@]3(C[C@H](C)CC(C)(C)C3)C2=O)cc1. The Morgan fingerprint density at radius 2 is 1.88 bits per heavy atom. The summed E-state index contributed by atoms with van der Waals surface area (Å²) in [6.07, 6.45) is 3.07. The highest BCUT2D eigenvalue weighted by Crippen LogP contribution is 2.46. The molecule has 8 heteroatoms. The minimum atomic E-state index is -0.975. The molecule has 0 aromatic heterocycles. The van der Waals surface area contributed by atoms with Crippen LogP contribution in [0.3, 0.4) is 0 Å². The van der Waals surface area contributed by atoms with E-state index in [-0.39, 0.29) is 11.3 Å². The predicted molar refractivity (Wildman–Crippen MR) is 125 cm³/mol. The van der Waals surface area contributed by atoms with Crippen LogP contribution in [0.25, 0.3) is 0 Å². The van der Waals surface area contributed by atoms with Crippen LogP contribution in [0.1, 0.15) is 71.8 Å². The van der Waals surface area contributed by atoms with Gasteiger partial charge in [-0.1, -0.05) is 46.8 Å². The summed E-state index contributed by atoms with van der Waals surface area (Å²) in [6.45, 7) is 9.47. The van der Waals surface area contributed by atoms with Crippen molar-refractivity contribution < 1.29 is 23.9 Å². The van der Waals surface area contributed by atoms with Gasteiger partial charge in [-0.05, 0) is 60.6 Å². The number of carbonyl (C=O) groups is 4. The van der Waals surface area contributed by atoms with Gasteiger partial charge >= 0.3 is 12.0 Å². The topological polar surface area (TPSA) is 105 Å². The van der Waals surface area contributed by atoms with E-state index in [1.165, 1.54) is 5.56 Å². The first-order valence-corrected chi connectivity index (χ1v) is 11.6. The number of rotatable bonds is 7. The second kappa shape index (κ2) is 9.53. The Morgan fingerprint density at radius 3 is 2.48 bits per heavy atom. The van der Waals surface area contributed by atoms with Crippen LogP contribution in [0.5, 0.6) is 0 Å². The highest BCUT2D eigenvalue weighted by atomic mass is 16.5. The van der Waals surface area contributed by atoms with E-state index in [1.807, 2.05) is 12.1 Å². The number of imide groups is 1. The van der Waals surface area contributed by atoms with E-state index in [0.29, 0.717) is 24.4 Å². The van der Waals surface area contributed by atoms with Crippen molar-refractivity contribution in [3.63, 3.8) is 0 Å².